The number of hydrogen-bond donors (Lipinski definition) is 0. The van der Waals surface area contributed by atoms with Crippen LogP contribution in [0.4, 0.5) is 14.5 Å². The van der Waals surface area contributed by atoms with Crippen LogP contribution in [0.2, 0.25) is 0 Å². The smallest absolute Gasteiger partial charge is 0.232 e. The van der Waals surface area contributed by atoms with Gasteiger partial charge in [0.1, 0.15) is 11.6 Å². The minimum Gasteiger partial charge on any atom is -0.294 e. The minimum atomic E-state index is -0.616. The van der Waals surface area contributed by atoms with Gasteiger partial charge in [0.2, 0.25) is 5.91 Å². The second-order valence-electron chi connectivity index (χ2n) is 6.60. The number of para-hydroxylation sites is 1. The van der Waals surface area contributed by atoms with Crippen LogP contribution in [0, 0.1) is 11.6 Å². The number of amides is 1. The van der Waals surface area contributed by atoms with E-state index in [2.05, 4.69) is 0 Å². The third kappa shape index (κ3) is 2.64. The van der Waals surface area contributed by atoms with Gasteiger partial charge in [0.15, 0.2) is 5.78 Å². The Labute approximate surface area is 149 Å². The van der Waals surface area contributed by atoms with Crippen LogP contribution < -0.4 is 4.90 Å². The van der Waals surface area contributed by atoms with Gasteiger partial charge in [0.05, 0.1) is 5.69 Å². The van der Waals surface area contributed by atoms with Gasteiger partial charge in [-0.25, -0.2) is 8.78 Å². The zero-order chi connectivity index (χ0) is 18.3. The number of carbonyl (C=O) groups excluding carboxylic acids is 2. The van der Waals surface area contributed by atoms with Crippen LogP contribution in [0.1, 0.15) is 37.2 Å². The predicted molar refractivity (Wildman–Crippen MR) is 93.5 cm³/mol. The van der Waals surface area contributed by atoms with Gasteiger partial charge in [-0.15, -0.1) is 0 Å². The number of carbonyl (C=O) groups is 2. The fourth-order valence-electron chi connectivity index (χ4n) is 3.93. The Kier molecular flexibility index (Phi) is 4.15. The van der Waals surface area contributed by atoms with Crippen LogP contribution in [0.25, 0.3) is 0 Å². The molecule has 0 saturated heterocycles. The number of allylic oxidation sites excluding steroid dienone is 2. The molecule has 0 aromatic heterocycles. The summed E-state index contributed by atoms with van der Waals surface area (Å²) in [6, 6.07) is 12.2. The molecule has 0 N–H and O–H groups in total. The second kappa shape index (κ2) is 6.48. The maximum atomic E-state index is 14.4. The predicted octanol–water partition coefficient (Wildman–Crippen LogP) is 4.49. The van der Waals surface area contributed by atoms with Crippen molar-refractivity contribution in [3.63, 3.8) is 0 Å². The Morgan fingerprint density at radius 3 is 2.31 bits per heavy atom. The summed E-state index contributed by atoms with van der Waals surface area (Å²) < 4.78 is 28.7. The quantitative estimate of drug-likeness (QED) is 0.798. The van der Waals surface area contributed by atoms with E-state index in [1.54, 1.807) is 30.3 Å². The van der Waals surface area contributed by atoms with Gasteiger partial charge in [-0.05, 0) is 36.6 Å². The molecule has 2 aromatic carbocycles. The van der Waals surface area contributed by atoms with Gasteiger partial charge in [0.25, 0.3) is 0 Å². The van der Waals surface area contributed by atoms with E-state index in [9.17, 15) is 18.4 Å². The standard InChI is InChI=1S/C21H17F2NO2/c22-15-7-2-1-6-13(15)14-12-20(26)24(17-9-4-3-8-16(17)23)18-10-5-11-19(25)21(14)18/h1-4,6-9,14H,5,10-12H2. The first-order valence-corrected chi connectivity index (χ1v) is 8.66. The molecule has 0 saturated carbocycles. The van der Waals surface area contributed by atoms with Crippen molar-refractivity contribution in [3.05, 3.63) is 77.0 Å². The molecular formula is C21H17F2NO2. The molecule has 3 nitrogen and oxygen atoms in total. The van der Waals surface area contributed by atoms with Gasteiger partial charge in [-0.3, -0.25) is 14.5 Å². The number of Topliss-reactive ketones (excluding diaryl/α,β-unsaturated/α-hetero) is 1. The minimum absolute atomic E-state index is 0.0557. The molecule has 0 radical (unpaired) electrons. The number of halogens is 2. The van der Waals surface area contributed by atoms with E-state index in [-0.39, 0.29) is 23.8 Å². The van der Waals surface area contributed by atoms with Gasteiger partial charge in [-0.1, -0.05) is 30.3 Å². The molecular weight excluding hydrogens is 336 g/mol. The molecule has 0 fully saturated rings. The van der Waals surface area contributed by atoms with E-state index in [0.717, 1.165) is 0 Å². The third-order valence-electron chi connectivity index (χ3n) is 5.05. The number of nitrogens with zero attached hydrogens (tertiary/aromatic N) is 1. The number of hydrogen-bond acceptors (Lipinski definition) is 2. The Balaban J connectivity index is 1.91. The first-order chi connectivity index (χ1) is 12.6. The van der Waals surface area contributed by atoms with Gasteiger partial charge >= 0.3 is 0 Å². The summed E-state index contributed by atoms with van der Waals surface area (Å²) in [6.07, 6.45) is 1.40. The highest BCUT2D eigenvalue weighted by atomic mass is 19.1. The molecule has 1 aliphatic heterocycles. The molecule has 26 heavy (non-hydrogen) atoms. The van der Waals surface area contributed by atoms with Crippen LogP contribution in [0.3, 0.4) is 0 Å². The fourth-order valence-corrected chi connectivity index (χ4v) is 3.93. The summed E-state index contributed by atoms with van der Waals surface area (Å²) in [5, 5.41) is 0. The normalized spacial score (nSPS) is 20.4. The van der Waals surface area contributed by atoms with Crippen LogP contribution in [-0.2, 0) is 9.59 Å². The Morgan fingerprint density at radius 2 is 1.58 bits per heavy atom. The number of benzene rings is 2. The second-order valence-corrected chi connectivity index (χ2v) is 6.60. The molecule has 1 heterocycles. The van der Waals surface area contributed by atoms with Crippen molar-refractivity contribution in [1.29, 1.82) is 0 Å². The molecule has 0 bridgehead atoms. The van der Waals surface area contributed by atoms with Crippen molar-refractivity contribution in [2.24, 2.45) is 0 Å². The van der Waals surface area contributed by atoms with Crippen molar-refractivity contribution in [1.82, 2.24) is 0 Å². The van der Waals surface area contributed by atoms with Crippen LogP contribution in [0.15, 0.2) is 59.8 Å². The molecule has 1 amide bonds. The maximum absolute atomic E-state index is 14.4. The Bertz CT molecular complexity index is 935. The highest BCUT2D eigenvalue weighted by Gasteiger charge is 2.41. The summed E-state index contributed by atoms with van der Waals surface area (Å²) in [4.78, 5) is 26.9. The SMILES string of the molecule is O=C1CCCC2=C1C(c1ccccc1F)CC(=O)N2c1ccccc1F. The van der Waals surface area contributed by atoms with Gasteiger partial charge in [-0.2, -0.15) is 0 Å². The summed E-state index contributed by atoms with van der Waals surface area (Å²) in [5.74, 6) is -1.98. The molecule has 4 rings (SSSR count). The molecule has 0 spiro atoms. The molecule has 1 atom stereocenters. The highest BCUT2D eigenvalue weighted by Crippen LogP contribution is 2.44. The highest BCUT2D eigenvalue weighted by molar-refractivity contribution is 6.07. The lowest BCUT2D eigenvalue weighted by molar-refractivity contribution is -0.120. The Morgan fingerprint density at radius 1 is 0.885 bits per heavy atom. The molecule has 1 aliphatic carbocycles. The maximum Gasteiger partial charge on any atom is 0.232 e. The third-order valence-corrected chi connectivity index (χ3v) is 5.05. The molecule has 1 unspecified atom stereocenters. The molecule has 2 aliphatic rings. The topological polar surface area (TPSA) is 37.4 Å². The van der Waals surface area contributed by atoms with E-state index < -0.39 is 17.6 Å². The summed E-state index contributed by atoms with van der Waals surface area (Å²) in [7, 11) is 0. The van der Waals surface area contributed by atoms with E-state index in [1.807, 2.05) is 0 Å². The van der Waals surface area contributed by atoms with E-state index in [4.69, 9.17) is 0 Å². The van der Waals surface area contributed by atoms with Gasteiger partial charge in [0, 0.05) is 30.0 Å². The summed E-state index contributed by atoms with van der Waals surface area (Å²) >= 11 is 0. The van der Waals surface area contributed by atoms with E-state index in [0.29, 0.717) is 36.1 Å². The largest absolute Gasteiger partial charge is 0.294 e. The molecule has 2 aromatic rings. The molecule has 5 heteroatoms. The number of ketones is 1. The first kappa shape index (κ1) is 16.6. The average Bonchev–Trinajstić information content (AvgIpc) is 2.63. The van der Waals surface area contributed by atoms with Crippen LogP contribution in [0.5, 0.6) is 0 Å². The zero-order valence-electron chi connectivity index (χ0n) is 14.0. The zero-order valence-corrected chi connectivity index (χ0v) is 14.0. The van der Waals surface area contributed by atoms with Crippen molar-refractivity contribution < 1.29 is 18.4 Å². The van der Waals surface area contributed by atoms with Crippen LogP contribution in [-0.4, -0.2) is 11.7 Å². The van der Waals surface area contributed by atoms with Crippen LogP contribution >= 0.6 is 0 Å². The van der Waals surface area contributed by atoms with Crippen molar-refractivity contribution in [2.45, 2.75) is 31.6 Å². The van der Waals surface area contributed by atoms with Crippen molar-refractivity contribution in [2.75, 3.05) is 4.90 Å². The lowest BCUT2D eigenvalue weighted by Crippen LogP contribution is -2.41. The van der Waals surface area contributed by atoms with Crippen molar-refractivity contribution >= 4 is 17.4 Å². The summed E-state index contributed by atoms with van der Waals surface area (Å²) in [6.45, 7) is 0. The molecule has 132 valence electrons. The Hall–Kier alpha value is -2.82. The van der Waals surface area contributed by atoms with Gasteiger partial charge < -0.3 is 0 Å². The summed E-state index contributed by atoms with van der Waals surface area (Å²) in [5.41, 5.74) is 1.45. The number of anilines is 1. The van der Waals surface area contributed by atoms with Crippen molar-refractivity contribution in [3.8, 4) is 0 Å². The lowest BCUT2D eigenvalue weighted by atomic mass is 9.77. The van der Waals surface area contributed by atoms with E-state index >= 15 is 0 Å². The first-order valence-electron chi connectivity index (χ1n) is 8.66. The average molecular weight is 353 g/mol. The number of rotatable bonds is 2. The lowest BCUT2D eigenvalue weighted by Gasteiger charge is -2.38. The monoisotopic (exact) mass is 353 g/mol. The fraction of sp³-hybridized carbons (Fsp3) is 0.238. The van der Waals surface area contributed by atoms with E-state index in [1.165, 1.54) is 23.1 Å².